The van der Waals surface area contributed by atoms with Crippen molar-refractivity contribution in [3.63, 3.8) is 0 Å². The van der Waals surface area contributed by atoms with Gasteiger partial charge in [0.25, 0.3) is 0 Å². The third-order valence-electron chi connectivity index (χ3n) is 5.11. The second-order valence-corrected chi connectivity index (χ2v) is 7.80. The van der Waals surface area contributed by atoms with Crippen molar-refractivity contribution in [1.82, 2.24) is 19.9 Å². The number of aryl methyl sites for hydroxylation is 1. The predicted molar refractivity (Wildman–Crippen MR) is 117 cm³/mol. The van der Waals surface area contributed by atoms with Gasteiger partial charge in [-0.3, -0.25) is 9.69 Å². The van der Waals surface area contributed by atoms with Crippen LogP contribution >= 0.6 is 11.6 Å². The molecule has 154 valence electrons. The summed E-state index contributed by atoms with van der Waals surface area (Å²) in [6, 6.07) is 15.4. The molecule has 0 spiro atoms. The molecule has 30 heavy (non-hydrogen) atoms. The van der Waals surface area contributed by atoms with E-state index in [4.69, 9.17) is 16.1 Å². The monoisotopic (exact) mass is 422 g/mol. The molecule has 7 heteroatoms. The fraction of sp³-hybridized carbons (Fsp3) is 0.261. The van der Waals surface area contributed by atoms with E-state index in [-0.39, 0.29) is 5.91 Å². The lowest BCUT2D eigenvalue weighted by Crippen LogP contribution is -2.47. The van der Waals surface area contributed by atoms with Gasteiger partial charge in [-0.2, -0.15) is 4.98 Å². The molecular formula is C23H23ClN4O2. The summed E-state index contributed by atoms with van der Waals surface area (Å²) in [7, 11) is 0. The Balaban J connectivity index is 1.28. The number of hydrogen-bond donors (Lipinski definition) is 0. The van der Waals surface area contributed by atoms with E-state index in [1.807, 2.05) is 66.4 Å². The van der Waals surface area contributed by atoms with Crippen molar-refractivity contribution < 1.29 is 9.32 Å². The van der Waals surface area contributed by atoms with Crippen LogP contribution in [0.2, 0.25) is 5.02 Å². The van der Waals surface area contributed by atoms with Gasteiger partial charge < -0.3 is 9.42 Å². The third kappa shape index (κ3) is 5.14. The minimum atomic E-state index is 0.0176. The lowest BCUT2D eigenvalue weighted by molar-refractivity contribution is -0.127. The summed E-state index contributed by atoms with van der Waals surface area (Å²) >= 11 is 5.89. The van der Waals surface area contributed by atoms with Gasteiger partial charge in [0.15, 0.2) is 0 Å². The summed E-state index contributed by atoms with van der Waals surface area (Å²) in [6.07, 6.45) is 3.43. The van der Waals surface area contributed by atoms with Crippen LogP contribution in [0.3, 0.4) is 0 Å². The maximum atomic E-state index is 12.4. The summed E-state index contributed by atoms with van der Waals surface area (Å²) in [5.74, 6) is 1.21. The van der Waals surface area contributed by atoms with E-state index in [0.29, 0.717) is 36.4 Å². The molecule has 1 fully saturated rings. The Morgan fingerprint density at radius 3 is 2.47 bits per heavy atom. The molecule has 2 heterocycles. The minimum absolute atomic E-state index is 0.0176. The Hall–Kier alpha value is -2.96. The molecule has 0 bridgehead atoms. The van der Waals surface area contributed by atoms with Gasteiger partial charge in [-0.25, -0.2) is 0 Å². The Morgan fingerprint density at radius 2 is 1.77 bits per heavy atom. The standard InChI is InChI=1S/C23H23ClN4O2/c1-17-2-7-19(8-3-17)23-25-21(30-26-23)16-27-12-14-28(15-13-27)22(29)11-6-18-4-9-20(24)10-5-18/h2-11H,12-16H2,1H3. The number of carbonyl (C=O) groups excluding carboxylic acids is 1. The molecule has 0 radical (unpaired) electrons. The quantitative estimate of drug-likeness (QED) is 0.580. The van der Waals surface area contributed by atoms with Crippen LogP contribution in [0.15, 0.2) is 59.1 Å². The van der Waals surface area contributed by atoms with Crippen LogP contribution in [0, 0.1) is 6.92 Å². The summed E-state index contributed by atoms with van der Waals surface area (Å²) in [5, 5.41) is 4.77. The molecule has 2 aromatic carbocycles. The highest BCUT2D eigenvalue weighted by Gasteiger charge is 2.21. The average molecular weight is 423 g/mol. The van der Waals surface area contributed by atoms with Crippen molar-refractivity contribution in [3.8, 4) is 11.4 Å². The van der Waals surface area contributed by atoms with Crippen molar-refractivity contribution in [2.24, 2.45) is 0 Å². The fourth-order valence-electron chi connectivity index (χ4n) is 3.30. The number of nitrogens with zero attached hydrogens (tertiary/aromatic N) is 4. The lowest BCUT2D eigenvalue weighted by atomic mass is 10.1. The zero-order valence-corrected chi connectivity index (χ0v) is 17.5. The van der Waals surface area contributed by atoms with E-state index in [1.54, 1.807) is 6.08 Å². The Morgan fingerprint density at radius 1 is 1.07 bits per heavy atom. The smallest absolute Gasteiger partial charge is 0.246 e. The van der Waals surface area contributed by atoms with E-state index < -0.39 is 0 Å². The van der Waals surface area contributed by atoms with E-state index in [0.717, 1.165) is 24.2 Å². The Bertz CT molecular complexity index is 1020. The SMILES string of the molecule is Cc1ccc(-c2noc(CN3CCN(C(=O)C=Cc4ccc(Cl)cc4)CC3)n2)cc1. The highest BCUT2D eigenvalue weighted by molar-refractivity contribution is 6.30. The number of halogens is 1. The maximum absolute atomic E-state index is 12.4. The molecule has 0 aliphatic carbocycles. The van der Waals surface area contributed by atoms with Gasteiger partial charge in [0.1, 0.15) is 0 Å². The van der Waals surface area contributed by atoms with Crippen molar-refractivity contribution in [1.29, 1.82) is 0 Å². The van der Waals surface area contributed by atoms with Crippen molar-refractivity contribution in [2.75, 3.05) is 26.2 Å². The topological polar surface area (TPSA) is 62.5 Å². The fourth-order valence-corrected chi connectivity index (χ4v) is 3.43. The van der Waals surface area contributed by atoms with E-state index in [9.17, 15) is 4.79 Å². The zero-order valence-electron chi connectivity index (χ0n) is 16.8. The first kappa shape index (κ1) is 20.3. The molecule has 1 aliphatic heterocycles. The molecule has 4 rings (SSSR count). The minimum Gasteiger partial charge on any atom is -0.338 e. The summed E-state index contributed by atoms with van der Waals surface area (Å²) in [5.41, 5.74) is 3.09. The molecule has 3 aromatic rings. The number of aromatic nitrogens is 2. The second-order valence-electron chi connectivity index (χ2n) is 7.36. The molecule has 0 unspecified atom stereocenters. The van der Waals surface area contributed by atoms with Crippen molar-refractivity contribution in [2.45, 2.75) is 13.5 Å². The summed E-state index contributed by atoms with van der Waals surface area (Å²) in [4.78, 5) is 21.0. The van der Waals surface area contributed by atoms with Crippen molar-refractivity contribution in [3.05, 3.63) is 76.6 Å². The number of benzene rings is 2. The molecule has 0 atom stereocenters. The molecule has 0 saturated carbocycles. The van der Waals surface area contributed by atoms with Gasteiger partial charge in [-0.15, -0.1) is 0 Å². The van der Waals surface area contributed by atoms with Crippen molar-refractivity contribution >= 4 is 23.6 Å². The van der Waals surface area contributed by atoms with Gasteiger partial charge in [-0.05, 0) is 30.7 Å². The summed E-state index contributed by atoms with van der Waals surface area (Å²) in [6.45, 7) is 5.50. The van der Waals surface area contributed by atoms with Crippen LogP contribution < -0.4 is 0 Å². The van der Waals surface area contributed by atoms with Crippen LogP contribution in [-0.2, 0) is 11.3 Å². The maximum Gasteiger partial charge on any atom is 0.246 e. The highest BCUT2D eigenvalue weighted by atomic mass is 35.5. The normalized spacial score (nSPS) is 15.1. The Labute approximate surface area is 180 Å². The van der Waals surface area contributed by atoms with Crippen LogP contribution in [0.1, 0.15) is 17.0 Å². The third-order valence-corrected chi connectivity index (χ3v) is 5.36. The van der Waals surface area contributed by atoms with Gasteiger partial charge in [0.2, 0.25) is 17.6 Å². The molecule has 1 aliphatic rings. The molecule has 1 aromatic heterocycles. The molecule has 6 nitrogen and oxygen atoms in total. The molecule has 1 amide bonds. The zero-order chi connectivity index (χ0) is 20.9. The number of amides is 1. The molecular weight excluding hydrogens is 400 g/mol. The Kier molecular flexibility index (Phi) is 6.26. The van der Waals surface area contributed by atoms with Gasteiger partial charge >= 0.3 is 0 Å². The number of carbonyl (C=O) groups is 1. The first-order valence-corrected chi connectivity index (χ1v) is 10.3. The van der Waals surface area contributed by atoms with Crippen LogP contribution in [0.5, 0.6) is 0 Å². The molecule has 0 N–H and O–H groups in total. The van der Waals surface area contributed by atoms with E-state index >= 15 is 0 Å². The predicted octanol–water partition coefficient (Wildman–Crippen LogP) is 4.06. The number of rotatable bonds is 5. The van der Waals surface area contributed by atoms with Gasteiger partial charge in [-0.1, -0.05) is 58.7 Å². The van der Waals surface area contributed by atoms with Crippen LogP contribution in [0.25, 0.3) is 17.5 Å². The number of piperazine rings is 1. The first-order chi connectivity index (χ1) is 14.6. The first-order valence-electron chi connectivity index (χ1n) is 9.91. The van der Waals surface area contributed by atoms with Gasteiger partial charge in [0, 0.05) is 42.8 Å². The van der Waals surface area contributed by atoms with E-state index in [1.165, 1.54) is 5.56 Å². The number of hydrogen-bond acceptors (Lipinski definition) is 5. The van der Waals surface area contributed by atoms with Crippen LogP contribution in [-0.4, -0.2) is 52.0 Å². The average Bonchev–Trinajstić information content (AvgIpc) is 3.22. The largest absolute Gasteiger partial charge is 0.338 e. The van der Waals surface area contributed by atoms with E-state index in [2.05, 4.69) is 15.0 Å². The van der Waals surface area contributed by atoms with Gasteiger partial charge in [0.05, 0.1) is 6.54 Å². The molecule has 1 saturated heterocycles. The summed E-state index contributed by atoms with van der Waals surface area (Å²) < 4.78 is 5.42. The second kappa shape index (κ2) is 9.24. The van der Waals surface area contributed by atoms with Crippen LogP contribution in [0.4, 0.5) is 0 Å². The highest BCUT2D eigenvalue weighted by Crippen LogP contribution is 2.17. The lowest BCUT2D eigenvalue weighted by Gasteiger charge is -2.33.